The van der Waals surface area contributed by atoms with Crippen molar-refractivity contribution in [3.05, 3.63) is 88.0 Å². The number of benzene rings is 3. The molecule has 3 aromatic carbocycles. The van der Waals surface area contributed by atoms with Crippen LogP contribution in [-0.2, 0) is 16.1 Å². The van der Waals surface area contributed by atoms with Gasteiger partial charge in [0.25, 0.3) is 11.1 Å². The van der Waals surface area contributed by atoms with Crippen molar-refractivity contribution >= 4 is 51.5 Å². The van der Waals surface area contributed by atoms with Gasteiger partial charge in [-0.05, 0) is 73.0 Å². The van der Waals surface area contributed by atoms with Gasteiger partial charge < -0.3 is 24.1 Å². The number of aromatic nitrogens is 1. The van der Waals surface area contributed by atoms with Gasteiger partial charge in [0.15, 0.2) is 11.5 Å². The summed E-state index contributed by atoms with van der Waals surface area (Å²) in [5.74, 6) is 1.72. The molecule has 44 heavy (non-hydrogen) atoms. The first kappa shape index (κ1) is 29.4. The highest BCUT2D eigenvalue weighted by atomic mass is 32.2. The molecule has 0 unspecified atom stereocenters. The highest BCUT2D eigenvalue weighted by Gasteiger charge is 2.35. The summed E-state index contributed by atoms with van der Waals surface area (Å²) >= 11 is 0.918. The van der Waals surface area contributed by atoms with Crippen molar-refractivity contribution in [2.75, 3.05) is 25.3 Å². The third-order valence-electron chi connectivity index (χ3n) is 7.75. The molecule has 3 amide bonds. The lowest BCUT2D eigenvalue weighted by Crippen LogP contribution is -2.32. The Balaban J connectivity index is 1.19. The zero-order valence-corrected chi connectivity index (χ0v) is 25.8. The van der Waals surface area contributed by atoms with E-state index in [4.69, 9.17) is 14.2 Å². The Morgan fingerprint density at radius 2 is 1.84 bits per heavy atom. The molecule has 4 aromatic rings. The number of nitrogens with one attached hydrogen (secondary N) is 1. The fraction of sp³-hybridized carbons (Fsp3) is 0.265. The Morgan fingerprint density at radius 3 is 2.66 bits per heavy atom. The van der Waals surface area contributed by atoms with Crippen LogP contribution in [0.5, 0.6) is 17.2 Å². The molecule has 2 aliphatic heterocycles. The van der Waals surface area contributed by atoms with E-state index in [1.165, 1.54) is 4.90 Å². The number of anilines is 1. The van der Waals surface area contributed by atoms with Crippen LogP contribution in [0.15, 0.2) is 65.6 Å². The van der Waals surface area contributed by atoms with E-state index in [0.717, 1.165) is 50.8 Å². The normalized spacial score (nSPS) is 15.2. The fourth-order valence-electron chi connectivity index (χ4n) is 5.48. The fourth-order valence-corrected chi connectivity index (χ4v) is 6.32. The third-order valence-corrected chi connectivity index (χ3v) is 8.66. The van der Waals surface area contributed by atoms with Crippen molar-refractivity contribution in [1.82, 2.24) is 9.47 Å². The standard InChI is InChI=1S/C34H33N3O6S/c1-20(2)24-11-9-21(3)15-29(24)41-14-13-36-33(39)31(44-34(36)40)17-26-22(4)37(27-8-6-5-7-25(26)27)18-32(38)35-23-10-12-28-30(16-23)43-19-42-28/h5-12,15-17,20H,13-14,18-19H2,1-4H3,(H,35,38)/b31-17-. The Labute approximate surface area is 259 Å². The first-order chi connectivity index (χ1) is 21.2. The van der Waals surface area contributed by atoms with Crippen LogP contribution in [-0.4, -0.2) is 46.5 Å². The Kier molecular flexibility index (Phi) is 8.09. The van der Waals surface area contributed by atoms with Crippen LogP contribution in [0.2, 0.25) is 0 Å². The Morgan fingerprint density at radius 1 is 1.05 bits per heavy atom. The van der Waals surface area contributed by atoms with Crippen molar-refractivity contribution < 1.29 is 28.6 Å². The van der Waals surface area contributed by atoms with Gasteiger partial charge in [-0.2, -0.15) is 0 Å². The number of aryl methyl sites for hydroxylation is 1. The number of thioether (sulfide) groups is 1. The van der Waals surface area contributed by atoms with Crippen LogP contribution in [0.3, 0.4) is 0 Å². The quantitative estimate of drug-likeness (QED) is 0.206. The molecule has 226 valence electrons. The highest BCUT2D eigenvalue weighted by Crippen LogP contribution is 2.37. The zero-order chi connectivity index (χ0) is 31.0. The smallest absolute Gasteiger partial charge is 0.293 e. The van der Waals surface area contributed by atoms with Gasteiger partial charge in [-0.15, -0.1) is 0 Å². The molecular formula is C34H33N3O6S. The number of amides is 3. The predicted molar refractivity (Wildman–Crippen MR) is 171 cm³/mol. The van der Waals surface area contributed by atoms with Gasteiger partial charge in [-0.3, -0.25) is 19.3 Å². The lowest BCUT2D eigenvalue weighted by molar-refractivity contribution is -0.123. The van der Waals surface area contributed by atoms with Gasteiger partial charge >= 0.3 is 0 Å². The van der Waals surface area contributed by atoms with Crippen LogP contribution in [0, 0.1) is 13.8 Å². The molecule has 1 aromatic heterocycles. The molecule has 0 bridgehead atoms. The van der Waals surface area contributed by atoms with Crippen LogP contribution in [0.1, 0.15) is 42.1 Å². The number of hydrogen-bond donors (Lipinski definition) is 1. The second-order valence-corrected chi connectivity index (χ2v) is 12.1. The second kappa shape index (κ2) is 12.1. The first-order valence-corrected chi connectivity index (χ1v) is 15.3. The van der Waals surface area contributed by atoms with Crippen LogP contribution in [0.4, 0.5) is 10.5 Å². The minimum Gasteiger partial charge on any atom is -0.491 e. The van der Waals surface area contributed by atoms with Crippen molar-refractivity contribution in [2.24, 2.45) is 0 Å². The van der Waals surface area contributed by atoms with Crippen LogP contribution < -0.4 is 19.5 Å². The molecule has 3 heterocycles. The minimum absolute atomic E-state index is 0.0603. The maximum atomic E-state index is 13.4. The van der Waals surface area contributed by atoms with Crippen molar-refractivity contribution in [3.8, 4) is 17.2 Å². The number of rotatable bonds is 9. The van der Waals surface area contributed by atoms with E-state index in [-0.39, 0.29) is 49.5 Å². The maximum absolute atomic E-state index is 13.4. The summed E-state index contributed by atoms with van der Waals surface area (Å²) in [6.45, 7) is 8.68. The molecule has 0 atom stereocenters. The van der Waals surface area contributed by atoms with E-state index < -0.39 is 0 Å². The Hall–Kier alpha value is -4.70. The number of hydrogen-bond acceptors (Lipinski definition) is 7. The summed E-state index contributed by atoms with van der Waals surface area (Å²) in [6.07, 6.45) is 1.76. The number of carbonyl (C=O) groups excluding carboxylic acids is 3. The monoisotopic (exact) mass is 611 g/mol. The summed E-state index contributed by atoms with van der Waals surface area (Å²) in [5, 5.41) is 3.48. The Bertz CT molecular complexity index is 1830. The lowest BCUT2D eigenvalue weighted by Gasteiger charge is -2.17. The average molecular weight is 612 g/mol. The number of para-hydroxylation sites is 1. The van der Waals surface area contributed by atoms with Crippen molar-refractivity contribution in [1.29, 1.82) is 0 Å². The molecular weight excluding hydrogens is 578 g/mol. The summed E-state index contributed by atoms with van der Waals surface area (Å²) in [4.78, 5) is 41.0. The van der Waals surface area contributed by atoms with Crippen molar-refractivity contribution in [2.45, 2.75) is 40.2 Å². The minimum atomic E-state index is -0.353. The number of ether oxygens (including phenoxy) is 3. The molecule has 1 N–H and O–H groups in total. The highest BCUT2D eigenvalue weighted by molar-refractivity contribution is 8.18. The SMILES string of the molecule is Cc1ccc(C(C)C)c(OCCN2C(=O)S/C(=C\c3c(C)n(CC(=O)Nc4ccc5c(c4)OCO5)c4ccccc34)C2=O)c1. The molecule has 1 fully saturated rings. The van der Waals surface area contributed by atoms with E-state index >= 15 is 0 Å². The van der Waals surface area contributed by atoms with Gasteiger partial charge in [-0.1, -0.05) is 44.2 Å². The van der Waals surface area contributed by atoms with Gasteiger partial charge in [0.1, 0.15) is 18.9 Å². The van der Waals surface area contributed by atoms with E-state index in [2.05, 4.69) is 25.2 Å². The third kappa shape index (κ3) is 5.77. The van der Waals surface area contributed by atoms with Crippen LogP contribution >= 0.6 is 11.8 Å². The predicted octanol–water partition coefficient (Wildman–Crippen LogP) is 6.86. The van der Waals surface area contributed by atoms with Gasteiger partial charge in [0, 0.05) is 33.9 Å². The molecule has 9 nitrogen and oxygen atoms in total. The van der Waals surface area contributed by atoms with E-state index in [0.29, 0.717) is 22.1 Å². The zero-order valence-electron chi connectivity index (χ0n) is 25.0. The van der Waals surface area contributed by atoms with E-state index in [9.17, 15) is 14.4 Å². The summed E-state index contributed by atoms with van der Waals surface area (Å²) in [7, 11) is 0. The van der Waals surface area contributed by atoms with Crippen molar-refractivity contribution in [3.63, 3.8) is 0 Å². The largest absolute Gasteiger partial charge is 0.491 e. The lowest BCUT2D eigenvalue weighted by atomic mass is 10.0. The molecule has 0 aliphatic carbocycles. The van der Waals surface area contributed by atoms with E-state index in [1.807, 2.05) is 54.8 Å². The van der Waals surface area contributed by atoms with E-state index in [1.54, 1.807) is 24.3 Å². The molecule has 1 saturated heterocycles. The molecule has 6 rings (SSSR count). The van der Waals surface area contributed by atoms with Gasteiger partial charge in [-0.25, -0.2) is 0 Å². The van der Waals surface area contributed by atoms with Gasteiger partial charge in [0.2, 0.25) is 12.7 Å². The first-order valence-electron chi connectivity index (χ1n) is 14.5. The topological polar surface area (TPSA) is 99.1 Å². The molecule has 10 heteroatoms. The second-order valence-electron chi connectivity index (χ2n) is 11.1. The number of nitrogens with zero attached hydrogens (tertiary/aromatic N) is 2. The summed E-state index contributed by atoms with van der Waals surface area (Å²) in [5.41, 5.74) is 5.22. The van der Waals surface area contributed by atoms with Crippen LogP contribution in [0.25, 0.3) is 17.0 Å². The molecule has 0 saturated carbocycles. The molecule has 0 radical (unpaired) electrons. The average Bonchev–Trinajstić information content (AvgIpc) is 3.64. The molecule has 2 aliphatic rings. The summed E-state index contributed by atoms with van der Waals surface area (Å²) in [6, 6.07) is 19.1. The molecule has 0 spiro atoms. The summed E-state index contributed by atoms with van der Waals surface area (Å²) < 4.78 is 18.7. The number of carbonyl (C=O) groups is 3. The van der Waals surface area contributed by atoms with Gasteiger partial charge in [0.05, 0.1) is 11.4 Å². The number of imide groups is 1. The number of fused-ring (bicyclic) bond motifs is 2. The maximum Gasteiger partial charge on any atom is 0.293 e.